The second-order valence-electron chi connectivity index (χ2n) is 6.00. The molecule has 1 heterocycles. The molecule has 1 fully saturated rings. The van der Waals surface area contributed by atoms with E-state index in [-0.39, 0.29) is 18.5 Å². The molecule has 1 aliphatic carbocycles. The number of nitrogens with zero attached hydrogens (tertiary/aromatic N) is 1. The highest BCUT2D eigenvalue weighted by molar-refractivity contribution is 6.75. The van der Waals surface area contributed by atoms with Crippen LogP contribution in [0.5, 0.6) is 11.5 Å². The molecule has 0 atom stereocenters. The summed E-state index contributed by atoms with van der Waals surface area (Å²) < 4.78 is 11.5. The number of rotatable bonds is 6. The molecule has 0 amide bonds. The first kappa shape index (κ1) is 20.3. The number of ether oxygens (including phenoxy) is 2. The van der Waals surface area contributed by atoms with Gasteiger partial charge in [0.2, 0.25) is 0 Å². The first-order chi connectivity index (χ1) is 12.2. The van der Waals surface area contributed by atoms with Gasteiger partial charge in [0.15, 0.2) is 11.5 Å². The number of aromatic nitrogens is 1. The van der Waals surface area contributed by atoms with Crippen molar-refractivity contribution in [3.8, 4) is 11.5 Å². The summed E-state index contributed by atoms with van der Waals surface area (Å²) in [5, 5.41) is -0.514. The van der Waals surface area contributed by atoms with Crippen LogP contribution in [0.25, 0.3) is 11.6 Å². The number of methoxy groups -OCH3 is 1. The highest BCUT2D eigenvalue weighted by Gasteiger charge is 2.19. The standard InChI is InChI=1S/C20H20ClNO3.ClH/c1-24-18-7-6-14(13-19(18)25-16-4-2-3-5-16)12-17(20(21)23)15-8-10-22-11-9-15;/h6-13,16H,2-5H2,1H3;1H. The van der Waals surface area contributed by atoms with Gasteiger partial charge in [-0.05, 0) is 78.8 Å². The zero-order chi connectivity index (χ0) is 17.6. The summed E-state index contributed by atoms with van der Waals surface area (Å²) in [4.78, 5) is 15.8. The number of hydrogen-bond acceptors (Lipinski definition) is 4. The van der Waals surface area contributed by atoms with Crippen LogP contribution in [0.4, 0.5) is 0 Å². The highest BCUT2D eigenvalue weighted by Crippen LogP contribution is 2.33. The molecule has 1 aliphatic rings. The molecule has 0 spiro atoms. The monoisotopic (exact) mass is 393 g/mol. The van der Waals surface area contributed by atoms with Gasteiger partial charge in [0.25, 0.3) is 5.24 Å². The molecular weight excluding hydrogens is 373 g/mol. The van der Waals surface area contributed by atoms with Crippen LogP contribution in [0.15, 0.2) is 42.7 Å². The Labute approximate surface area is 164 Å². The van der Waals surface area contributed by atoms with Gasteiger partial charge in [-0.1, -0.05) is 6.07 Å². The van der Waals surface area contributed by atoms with E-state index in [1.54, 1.807) is 37.7 Å². The van der Waals surface area contributed by atoms with E-state index in [2.05, 4.69) is 4.98 Å². The normalized spacial score (nSPS) is 14.6. The fourth-order valence-electron chi connectivity index (χ4n) is 3.01. The van der Waals surface area contributed by atoms with Gasteiger partial charge in [-0.3, -0.25) is 9.78 Å². The molecule has 2 aromatic rings. The maximum absolute atomic E-state index is 11.9. The van der Waals surface area contributed by atoms with E-state index in [9.17, 15) is 4.79 Å². The van der Waals surface area contributed by atoms with Crippen LogP contribution in [0.2, 0.25) is 0 Å². The third-order valence-corrected chi connectivity index (χ3v) is 4.50. The van der Waals surface area contributed by atoms with Crippen molar-refractivity contribution in [2.75, 3.05) is 7.11 Å². The van der Waals surface area contributed by atoms with Gasteiger partial charge >= 0.3 is 0 Å². The Morgan fingerprint density at radius 3 is 2.46 bits per heavy atom. The lowest BCUT2D eigenvalue weighted by Gasteiger charge is -2.16. The van der Waals surface area contributed by atoms with Crippen LogP contribution in [-0.4, -0.2) is 23.4 Å². The summed E-state index contributed by atoms with van der Waals surface area (Å²) in [5.74, 6) is 1.38. The maximum atomic E-state index is 11.9. The van der Waals surface area contributed by atoms with Crippen molar-refractivity contribution in [3.63, 3.8) is 0 Å². The van der Waals surface area contributed by atoms with Crippen molar-refractivity contribution in [1.29, 1.82) is 0 Å². The minimum absolute atomic E-state index is 0. The summed E-state index contributed by atoms with van der Waals surface area (Å²) in [6.45, 7) is 0. The van der Waals surface area contributed by atoms with E-state index in [4.69, 9.17) is 21.1 Å². The molecular formula is C20H21Cl2NO3. The number of benzene rings is 1. The van der Waals surface area contributed by atoms with Gasteiger partial charge in [-0.15, -0.1) is 12.4 Å². The number of pyridine rings is 1. The van der Waals surface area contributed by atoms with Crippen molar-refractivity contribution in [1.82, 2.24) is 4.98 Å². The van der Waals surface area contributed by atoms with Crippen molar-refractivity contribution in [3.05, 3.63) is 53.9 Å². The second-order valence-corrected chi connectivity index (χ2v) is 6.35. The predicted octanol–water partition coefficient (Wildman–Crippen LogP) is 5.14. The van der Waals surface area contributed by atoms with Crippen molar-refractivity contribution >= 4 is 40.9 Å². The Morgan fingerprint density at radius 1 is 1.15 bits per heavy atom. The van der Waals surface area contributed by atoms with E-state index >= 15 is 0 Å². The number of hydrogen-bond donors (Lipinski definition) is 0. The zero-order valence-electron chi connectivity index (χ0n) is 14.5. The van der Waals surface area contributed by atoms with Crippen LogP contribution in [0, 0.1) is 0 Å². The van der Waals surface area contributed by atoms with Gasteiger partial charge in [0.1, 0.15) is 0 Å². The fourth-order valence-corrected chi connectivity index (χ4v) is 3.18. The molecule has 0 saturated heterocycles. The summed E-state index contributed by atoms with van der Waals surface area (Å²) in [7, 11) is 1.62. The quantitative estimate of drug-likeness (QED) is 0.503. The Balaban J connectivity index is 0.00000243. The summed E-state index contributed by atoms with van der Waals surface area (Å²) in [6.07, 6.45) is 9.75. The maximum Gasteiger partial charge on any atom is 0.253 e. The van der Waals surface area contributed by atoms with Crippen LogP contribution >= 0.6 is 24.0 Å². The molecule has 1 aromatic heterocycles. The number of carbonyl (C=O) groups is 1. The number of halogens is 2. The van der Waals surface area contributed by atoms with Gasteiger partial charge < -0.3 is 9.47 Å². The minimum Gasteiger partial charge on any atom is -0.493 e. The first-order valence-corrected chi connectivity index (χ1v) is 8.72. The minimum atomic E-state index is -0.514. The fraction of sp³-hybridized carbons (Fsp3) is 0.300. The Kier molecular flexibility index (Phi) is 7.49. The highest BCUT2D eigenvalue weighted by atomic mass is 35.5. The van der Waals surface area contributed by atoms with Crippen molar-refractivity contribution < 1.29 is 14.3 Å². The molecule has 0 aliphatic heterocycles. The van der Waals surface area contributed by atoms with Crippen LogP contribution in [-0.2, 0) is 4.79 Å². The molecule has 3 rings (SSSR count). The summed E-state index contributed by atoms with van der Waals surface area (Å²) in [6, 6.07) is 9.12. The number of carbonyl (C=O) groups excluding carboxylic acids is 1. The van der Waals surface area contributed by atoms with Crippen molar-refractivity contribution in [2.24, 2.45) is 0 Å². The molecule has 0 N–H and O–H groups in total. The third-order valence-electron chi connectivity index (χ3n) is 4.30. The molecule has 6 heteroatoms. The molecule has 0 radical (unpaired) electrons. The largest absolute Gasteiger partial charge is 0.493 e. The lowest BCUT2D eigenvalue weighted by Crippen LogP contribution is -2.11. The molecule has 0 unspecified atom stereocenters. The molecule has 0 bridgehead atoms. The lowest BCUT2D eigenvalue weighted by molar-refractivity contribution is -0.106. The van der Waals surface area contributed by atoms with Crippen LogP contribution < -0.4 is 9.47 Å². The number of allylic oxidation sites excluding steroid dienone is 1. The van der Waals surface area contributed by atoms with Crippen molar-refractivity contribution in [2.45, 2.75) is 31.8 Å². The van der Waals surface area contributed by atoms with Crippen LogP contribution in [0.1, 0.15) is 36.8 Å². The lowest BCUT2D eigenvalue weighted by atomic mass is 10.0. The molecule has 1 saturated carbocycles. The SMILES string of the molecule is COc1ccc(C=C(C(=O)Cl)c2ccncc2)cc1OC1CCCC1.Cl. The van der Waals surface area contributed by atoms with E-state index < -0.39 is 5.24 Å². The summed E-state index contributed by atoms with van der Waals surface area (Å²) in [5.41, 5.74) is 1.97. The van der Waals surface area contributed by atoms with E-state index in [1.165, 1.54) is 12.8 Å². The second kappa shape index (κ2) is 9.60. The smallest absolute Gasteiger partial charge is 0.253 e. The topological polar surface area (TPSA) is 48.4 Å². The zero-order valence-corrected chi connectivity index (χ0v) is 16.1. The van der Waals surface area contributed by atoms with E-state index in [0.29, 0.717) is 17.1 Å². The third kappa shape index (κ3) is 4.99. The Morgan fingerprint density at radius 2 is 1.85 bits per heavy atom. The average Bonchev–Trinajstić information content (AvgIpc) is 3.13. The van der Waals surface area contributed by atoms with Gasteiger partial charge in [0.05, 0.1) is 13.2 Å². The van der Waals surface area contributed by atoms with E-state index in [1.807, 2.05) is 18.2 Å². The molecule has 26 heavy (non-hydrogen) atoms. The molecule has 4 nitrogen and oxygen atoms in total. The van der Waals surface area contributed by atoms with Gasteiger partial charge in [-0.25, -0.2) is 0 Å². The van der Waals surface area contributed by atoms with E-state index in [0.717, 1.165) is 24.0 Å². The average molecular weight is 394 g/mol. The van der Waals surface area contributed by atoms with Gasteiger partial charge in [0, 0.05) is 18.0 Å². The summed E-state index contributed by atoms with van der Waals surface area (Å²) >= 11 is 5.78. The van der Waals surface area contributed by atoms with Crippen LogP contribution in [0.3, 0.4) is 0 Å². The van der Waals surface area contributed by atoms with Gasteiger partial charge in [-0.2, -0.15) is 0 Å². The molecule has 1 aromatic carbocycles. The molecule has 138 valence electrons. The Hall–Kier alpha value is -2.04. The Bertz CT molecular complexity index is 772. The first-order valence-electron chi connectivity index (χ1n) is 8.34. The predicted molar refractivity (Wildman–Crippen MR) is 106 cm³/mol.